The number of rotatable bonds is 9. The molecule has 1 amide bonds. The summed E-state index contributed by atoms with van der Waals surface area (Å²) >= 11 is 0. The van der Waals surface area contributed by atoms with Gasteiger partial charge in [0.1, 0.15) is 0 Å². The molecule has 0 bridgehead atoms. The number of hydrogen-bond acceptors (Lipinski definition) is 3. The molecule has 0 heterocycles. The largest absolute Gasteiger partial charge is 0.374 e. The van der Waals surface area contributed by atoms with Gasteiger partial charge in [-0.15, -0.1) is 0 Å². The lowest BCUT2D eigenvalue weighted by molar-refractivity contribution is 0.0646. The first-order chi connectivity index (χ1) is 13.1. The molecule has 1 unspecified atom stereocenters. The van der Waals surface area contributed by atoms with Gasteiger partial charge in [0.25, 0.3) is 0 Å². The quantitative estimate of drug-likeness (QED) is 0.361. The summed E-state index contributed by atoms with van der Waals surface area (Å²) in [5.41, 5.74) is 7.98. The summed E-state index contributed by atoms with van der Waals surface area (Å²) in [5.74, 6) is 0.306. The van der Waals surface area contributed by atoms with E-state index in [0.29, 0.717) is 18.7 Å². The van der Waals surface area contributed by atoms with Gasteiger partial charge in [0.15, 0.2) is 5.96 Å². The number of guanidine groups is 1. The zero-order valence-electron chi connectivity index (χ0n) is 15.9. The van der Waals surface area contributed by atoms with Crippen molar-refractivity contribution in [1.82, 2.24) is 10.6 Å². The van der Waals surface area contributed by atoms with Crippen LogP contribution in [0, 0.1) is 0 Å². The van der Waals surface area contributed by atoms with Gasteiger partial charge in [0, 0.05) is 32.3 Å². The molecule has 0 radical (unpaired) electrons. The van der Waals surface area contributed by atoms with Crippen LogP contribution in [0.3, 0.4) is 0 Å². The molecule has 0 saturated heterocycles. The van der Waals surface area contributed by atoms with Crippen LogP contribution in [0.15, 0.2) is 59.6 Å². The van der Waals surface area contributed by atoms with Crippen LogP contribution in [0.25, 0.3) is 0 Å². The summed E-state index contributed by atoms with van der Waals surface area (Å²) in [6.45, 7) is 4.11. The Morgan fingerprint density at radius 2 is 1.81 bits per heavy atom. The third-order valence-corrected chi connectivity index (χ3v) is 4.17. The van der Waals surface area contributed by atoms with Crippen molar-refractivity contribution < 1.29 is 9.53 Å². The molecule has 144 valence electrons. The standard InChI is InChI=1S/C21H28N4O2/c1-16(18-7-4-3-5-8-18)27-14-6-13-24-21(23-2)25-15-17-9-11-19(12-10-17)20(22)26/h3-5,7-12,16H,6,13-15H2,1-2H3,(H2,22,26)(H2,23,24,25). The van der Waals surface area contributed by atoms with Crippen LogP contribution in [-0.2, 0) is 11.3 Å². The number of carbonyl (C=O) groups is 1. The molecule has 0 aliphatic rings. The highest BCUT2D eigenvalue weighted by atomic mass is 16.5. The number of benzene rings is 2. The highest BCUT2D eigenvalue weighted by Gasteiger charge is 2.05. The number of ether oxygens (including phenoxy) is 1. The SMILES string of the molecule is CN=C(NCCCOC(C)c1ccccc1)NCc1ccc(C(N)=O)cc1. The number of amides is 1. The van der Waals surface area contributed by atoms with Crippen LogP contribution in [0.5, 0.6) is 0 Å². The van der Waals surface area contributed by atoms with Gasteiger partial charge in [-0.05, 0) is 36.6 Å². The fourth-order valence-electron chi connectivity index (χ4n) is 2.55. The Labute approximate surface area is 160 Å². The van der Waals surface area contributed by atoms with Crippen LogP contribution in [0.2, 0.25) is 0 Å². The molecule has 6 heteroatoms. The Bertz CT molecular complexity index is 730. The van der Waals surface area contributed by atoms with Crippen molar-refractivity contribution in [3.05, 3.63) is 71.3 Å². The van der Waals surface area contributed by atoms with E-state index in [1.54, 1.807) is 19.2 Å². The molecule has 0 aromatic heterocycles. The van der Waals surface area contributed by atoms with Crippen molar-refractivity contribution in [2.24, 2.45) is 10.7 Å². The molecule has 0 aliphatic carbocycles. The predicted octanol–water partition coefficient (Wildman–Crippen LogP) is 2.62. The van der Waals surface area contributed by atoms with Gasteiger partial charge in [-0.25, -0.2) is 0 Å². The second-order valence-corrected chi connectivity index (χ2v) is 6.19. The Morgan fingerprint density at radius 3 is 2.44 bits per heavy atom. The second kappa shape index (κ2) is 11.0. The minimum absolute atomic E-state index is 0.0898. The van der Waals surface area contributed by atoms with Gasteiger partial charge in [-0.2, -0.15) is 0 Å². The lowest BCUT2D eigenvalue weighted by atomic mass is 10.1. The molecule has 27 heavy (non-hydrogen) atoms. The summed E-state index contributed by atoms with van der Waals surface area (Å²) in [7, 11) is 1.74. The van der Waals surface area contributed by atoms with E-state index in [-0.39, 0.29) is 6.10 Å². The molecule has 0 fully saturated rings. The fraction of sp³-hybridized carbons (Fsp3) is 0.333. The van der Waals surface area contributed by atoms with Gasteiger partial charge >= 0.3 is 0 Å². The zero-order chi connectivity index (χ0) is 19.5. The molecule has 2 rings (SSSR count). The average Bonchev–Trinajstić information content (AvgIpc) is 2.70. The van der Waals surface area contributed by atoms with E-state index < -0.39 is 5.91 Å². The van der Waals surface area contributed by atoms with Crippen molar-refractivity contribution in [3.63, 3.8) is 0 Å². The second-order valence-electron chi connectivity index (χ2n) is 6.19. The van der Waals surface area contributed by atoms with E-state index in [4.69, 9.17) is 10.5 Å². The number of primary amides is 1. The van der Waals surface area contributed by atoms with E-state index in [2.05, 4.69) is 34.7 Å². The predicted molar refractivity (Wildman–Crippen MR) is 109 cm³/mol. The van der Waals surface area contributed by atoms with Crippen LogP contribution in [0.4, 0.5) is 0 Å². The van der Waals surface area contributed by atoms with Crippen molar-refractivity contribution in [2.45, 2.75) is 26.0 Å². The highest BCUT2D eigenvalue weighted by Crippen LogP contribution is 2.15. The third kappa shape index (κ3) is 7.11. The Hall–Kier alpha value is -2.86. The summed E-state index contributed by atoms with van der Waals surface area (Å²) in [6.07, 6.45) is 0.970. The normalized spacial score (nSPS) is 12.4. The number of hydrogen-bond donors (Lipinski definition) is 3. The number of nitrogens with two attached hydrogens (primary N) is 1. The molecule has 1 atom stereocenters. The summed E-state index contributed by atoms with van der Waals surface area (Å²) in [4.78, 5) is 15.3. The van der Waals surface area contributed by atoms with Crippen molar-refractivity contribution in [3.8, 4) is 0 Å². The minimum Gasteiger partial charge on any atom is -0.374 e. The van der Waals surface area contributed by atoms with E-state index in [1.165, 1.54) is 5.56 Å². The first-order valence-electron chi connectivity index (χ1n) is 9.10. The molecular formula is C21H28N4O2. The van der Waals surface area contributed by atoms with Crippen LogP contribution in [-0.4, -0.2) is 32.1 Å². The maximum atomic E-state index is 11.1. The summed E-state index contributed by atoms with van der Waals surface area (Å²) in [6, 6.07) is 17.4. The Kier molecular flexibility index (Phi) is 8.32. The molecule has 4 N–H and O–H groups in total. The number of nitrogens with zero attached hydrogens (tertiary/aromatic N) is 1. The van der Waals surface area contributed by atoms with Crippen molar-refractivity contribution in [1.29, 1.82) is 0 Å². The van der Waals surface area contributed by atoms with Crippen LogP contribution < -0.4 is 16.4 Å². The summed E-state index contributed by atoms with van der Waals surface area (Å²) in [5, 5.41) is 6.51. The van der Waals surface area contributed by atoms with Gasteiger partial charge in [-0.1, -0.05) is 42.5 Å². The topological polar surface area (TPSA) is 88.7 Å². The van der Waals surface area contributed by atoms with Crippen molar-refractivity contribution >= 4 is 11.9 Å². The van der Waals surface area contributed by atoms with Gasteiger partial charge in [-0.3, -0.25) is 9.79 Å². The molecule has 0 spiro atoms. The van der Waals surface area contributed by atoms with Gasteiger partial charge in [0.05, 0.1) is 6.10 Å². The lowest BCUT2D eigenvalue weighted by Crippen LogP contribution is -2.37. The van der Waals surface area contributed by atoms with E-state index in [0.717, 1.165) is 24.5 Å². The smallest absolute Gasteiger partial charge is 0.248 e. The fourth-order valence-corrected chi connectivity index (χ4v) is 2.55. The first-order valence-corrected chi connectivity index (χ1v) is 9.10. The molecular weight excluding hydrogens is 340 g/mol. The average molecular weight is 368 g/mol. The molecule has 0 saturated carbocycles. The summed E-state index contributed by atoms with van der Waals surface area (Å²) < 4.78 is 5.87. The minimum atomic E-state index is -0.421. The van der Waals surface area contributed by atoms with E-state index in [1.807, 2.05) is 30.3 Å². The Balaban J connectivity index is 1.64. The highest BCUT2D eigenvalue weighted by molar-refractivity contribution is 5.92. The zero-order valence-corrected chi connectivity index (χ0v) is 15.9. The van der Waals surface area contributed by atoms with Gasteiger partial charge < -0.3 is 21.1 Å². The number of carbonyl (C=O) groups excluding carboxylic acids is 1. The van der Waals surface area contributed by atoms with Crippen molar-refractivity contribution in [2.75, 3.05) is 20.2 Å². The van der Waals surface area contributed by atoms with Gasteiger partial charge in [0.2, 0.25) is 5.91 Å². The van der Waals surface area contributed by atoms with E-state index in [9.17, 15) is 4.79 Å². The molecule has 0 aliphatic heterocycles. The number of nitrogens with one attached hydrogen (secondary N) is 2. The molecule has 6 nitrogen and oxygen atoms in total. The maximum absolute atomic E-state index is 11.1. The monoisotopic (exact) mass is 368 g/mol. The maximum Gasteiger partial charge on any atom is 0.248 e. The van der Waals surface area contributed by atoms with Crippen LogP contribution >= 0.6 is 0 Å². The van der Waals surface area contributed by atoms with E-state index >= 15 is 0 Å². The lowest BCUT2D eigenvalue weighted by Gasteiger charge is -2.15. The molecule has 2 aromatic rings. The third-order valence-electron chi connectivity index (χ3n) is 4.17. The first kappa shape index (κ1) is 20.5. The number of aliphatic imine (C=N–C) groups is 1. The molecule has 2 aromatic carbocycles. The van der Waals surface area contributed by atoms with Crippen LogP contribution in [0.1, 0.15) is 40.9 Å². The Morgan fingerprint density at radius 1 is 1.11 bits per heavy atom.